The largest absolute Gasteiger partial charge is 0.363 e. The van der Waals surface area contributed by atoms with Crippen LogP contribution in [0.2, 0.25) is 0 Å². The number of carbonyl (C=O) groups excluding carboxylic acids is 6. The van der Waals surface area contributed by atoms with E-state index in [-0.39, 0.29) is 72.7 Å². The fourth-order valence-electron chi connectivity index (χ4n) is 12.2. The topological polar surface area (TPSA) is 200 Å². The van der Waals surface area contributed by atoms with E-state index in [0.717, 1.165) is 86.5 Å². The van der Waals surface area contributed by atoms with Crippen molar-refractivity contribution in [1.82, 2.24) is 41.7 Å². The SMILES string of the molecule is CNC(C)C(=O)NC(C(=O)N1CCC[C@H]1C(=O)N[C@H]1c2ccccc2C[C@H]1OCC#CC#CCO[C@@H]1Cc2ccccc2[C@@H]1NC(=O)[C@@H]1CCCN1C(=O)C(NC(=O)C(C)NC)C1CCCCC1)C1CCCCC1. The molecule has 0 aromatic heterocycles. The number of fused-ring (bicyclic) bond motifs is 2. The first-order valence-corrected chi connectivity index (χ1v) is 27.5. The second-order valence-corrected chi connectivity index (χ2v) is 21.2. The van der Waals surface area contributed by atoms with Gasteiger partial charge in [-0.05, 0) is 125 Å². The van der Waals surface area contributed by atoms with Gasteiger partial charge in [0.15, 0.2) is 0 Å². The van der Waals surface area contributed by atoms with Crippen LogP contribution < -0.4 is 31.9 Å². The smallest absolute Gasteiger partial charge is 0.246 e. The summed E-state index contributed by atoms with van der Waals surface area (Å²) in [7, 11) is 3.44. The molecule has 6 N–H and O–H groups in total. The van der Waals surface area contributed by atoms with Gasteiger partial charge in [0.1, 0.15) is 37.4 Å². The Labute approximate surface area is 437 Å². The highest BCUT2D eigenvalue weighted by Gasteiger charge is 2.45. The van der Waals surface area contributed by atoms with Gasteiger partial charge in [0, 0.05) is 25.9 Å². The summed E-state index contributed by atoms with van der Waals surface area (Å²) >= 11 is 0. The summed E-state index contributed by atoms with van der Waals surface area (Å²) < 4.78 is 12.7. The monoisotopic (exact) mass is 1010 g/mol. The van der Waals surface area contributed by atoms with Gasteiger partial charge in [-0.25, -0.2) is 0 Å². The number of hydrogen-bond acceptors (Lipinski definition) is 10. The van der Waals surface area contributed by atoms with Crippen LogP contribution in [0.5, 0.6) is 0 Å². The quantitative estimate of drug-likeness (QED) is 0.119. The third kappa shape index (κ3) is 13.0. The average Bonchev–Trinajstić information content (AvgIpc) is 4.26. The molecule has 6 amide bonds. The zero-order valence-corrected chi connectivity index (χ0v) is 43.8. The molecule has 0 radical (unpaired) electrons. The fourth-order valence-corrected chi connectivity index (χ4v) is 12.2. The van der Waals surface area contributed by atoms with Crippen molar-refractivity contribution in [3.8, 4) is 23.7 Å². The molecule has 0 bridgehead atoms. The van der Waals surface area contributed by atoms with Crippen LogP contribution in [0.25, 0.3) is 0 Å². The first-order valence-electron chi connectivity index (χ1n) is 27.5. The summed E-state index contributed by atoms with van der Waals surface area (Å²) in [6, 6.07) is 11.5. The molecule has 2 saturated heterocycles. The van der Waals surface area contributed by atoms with E-state index in [0.29, 0.717) is 51.6 Å². The van der Waals surface area contributed by atoms with Crippen molar-refractivity contribution < 1.29 is 38.2 Å². The highest BCUT2D eigenvalue weighted by Crippen LogP contribution is 2.37. The van der Waals surface area contributed by atoms with Crippen molar-refractivity contribution >= 4 is 35.4 Å². The van der Waals surface area contributed by atoms with Gasteiger partial charge in [-0.1, -0.05) is 98.9 Å². The Morgan fingerprint density at radius 3 is 1.34 bits per heavy atom. The highest BCUT2D eigenvalue weighted by atomic mass is 16.5. The van der Waals surface area contributed by atoms with E-state index in [1.54, 1.807) is 37.7 Å². The van der Waals surface area contributed by atoms with Crippen molar-refractivity contribution in [2.45, 2.75) is 177 Å². The van der Waals surface area contributed by atoms with Crippen LogP contribution in [0.15, 0.2) is 48.5 Å². The molecule has 8 rings (SSSR count). The number of hydrogen-bond donors (Lipinski definition) is 6. The van der Waals surface area contributed by atoms with Crippen molar-refractivity contribution in [3.05, 3.63) is 70.8 Å². The predicted octanol–water partition coefficient (Wildman–Crippen LogP) is 3.92. The zero-order chi connectivity index (χ0) is 52.1. The molecule has 4 aliphatic carbocycles. The number of nitrogens with zero attached hydrogens (tertiary/aromatic N) is 2. The fraction of sp³-hybridized carbons (Fsp3) is 0.621. The molecule has 0 spiro atoms. The molecule has 6 aliphatic rings. The van der Waals surface area contributed by atoms with Crippen LogP contribution in [-0.2, 0) is 51.1 Å². The normalized spacial score (nSPS) is 25.2. The molecule has 10 atom stereocenters. The van der Waals surface area contributed by atoms with Crippen molar-refractivity contribution in [1.29, 1.82) is 0 Å². The van der Waals surface area contributed by atoms with E-state index < -0.39 is 48.3 Å². The van der Waals surface area contributed by atoms with Crippen molar-refractivity contribution in [3.63, 3.8) is 0 Å². The number of ether oxygens (including phenoxy) is 2. The van der Waals surface area contributed by atoms with Crippen LogP contribution in [0.1, 0.15) is 138 Å². The van der Waals surface area contributed by atoms with Gasteiger partial charge in [-0.3, -0.25) is 28.8 Å². The third-order valence-corrected chi connectivity index (χ3v) is 16.6. The Morgan fingerprint density at radius 1 is 0.554 bits per heavy atom. The molecular formula is C58H78N8O8. The van der Waals surface area contributed by atoms with E-state index in [2.05, 4.69) is 55.6 Å². The molecule has 2 aromatic carbocycles. The average molecular weight is 1020 g/mol. The molecule has 16 heteroatoms. The Morgan fingerprint density at radius 2 is 0.946 bits per heavy atom. The zero-order valence-electron chi connectivity index (χ0n) is 43.8. The minimum Gasteiger partial charge on any atom is -0.363 e. The second kappa shape index (κ2) is 26.1. The van der Waals surface area contributed by atoms with Crippen LogP contribution >= 0.6 is 0 Å². The summed E-state index contributed by atoms with van der Waals surface area (Å²) in [5, 5.41) is 18.6. The van der Waals surface area contributed by atoms with Crippen LogP contribution in [0, 0.1) is 35.5 Å². The van der Waals surface area contributed by atoms with Gasteiger partial charge in [-0.15, -0.1) is 0 Å². The summed E-state index contributed by atoms with van der Waals surface area (Å²) in [6.07, 6.45) is 12.6. The number of benzene rings is 2. The van der Waals surface area contributed by atoms with Gasteiger partial charge in [-0.2, -0.15) is 0 Å². The number of amides is 6. The Balaban J connectivity index is 0.858. The van der Waals surface area contributed by atoms with Crippen molar-refractivity contribution in [2.75, 3.05) is 40.4 Å². The first kappa shape index (κ1) is 54.5. The summed E-state index contributed by atoms with van der Waals surface area (Å²) in [5.74, 6) is 10.6. The maximum atomic E-state index is 14.3. The van der Waals surface area contributed by atoms with Gasteiger partial charge >= 0.3 is 0 Å². The highest BCUT2D eigenvalue weighted by molar-refractivity contribution is 5.95. The van der Waals surface area contributed by atoms with Crippen LogP contribution in [0.3, 0.4) is 0 Å². The Bertz CT molecular complexity index is 2280. The molecule has 2 aliphatic heterocycles. The van der Waals surface area contributed by atoms with Crippen LogP contribution in [-0.4, -0.2) is 134 Å². The lowest BCUT2D eigenvalue weighted by atomic mass is 9.83. The Kier molecular flexibility index (Phi) is 19.2. The number of carbonyl (C=O) groups is 6. The molecule has 2 aromatic rings. The lowest BCUT2D eigenvalue weighted by molar-refractivity contribution is -0.143. The maximum absolute atomic E-state index is 14.3. The second-order valence-electron chi connectivity index (χ2n) is 21.2. The minimum atomic E-state index is -0.679. The molecule has 16 nitrogen and oxygen atoms in total. The molecule has 4 fully saturated rings. The summed E-state index contributed by atoms with van der Waals surface area (Å²) in [4.78, 5) is 86.6. The molecule has 74 heavy (non-hydrogen) atoms. The molecule has 2 saturated carbocycles. The summed E-state index contributed by atoms with van der Waals surface area (Å²) in [5.41, 5.74) is 4.10. The number of rotatable bonds is 18. The first-order chi connectivity index (χ1) is 36.0. The number of likely N-dealkylation sites (N-methyl/N-ethyl adjacent to an activating group) is 2. The molecule has 398 valence electrons. The molecule has 2 heterocycles. The van der Waals surface area contributed by atoms with E-state index >= 15 is 0 Å². The number of nitrogens with one attached hydrogen (secondary N) is 6. The standard InChI is InChI=1S/C58H78N8O8/c1-37(59-3)53(67)61-49(39-21-9-7-10-22-39)57(71)65-31-19-29-45(65)55(69)63-51-43-27-15-13-25-41(43)35-47(51)73-33-17-5-6-18-34-74-48-36-42-26-14-16-28-44(42)52(48)64-56(70)46-30-20-32-66(46)58(72)50(40-23-11-8-12-24-40)62-54(68)38(2)60-4/h13-16,25-28,37-40,45-52,59-60H,7-12,19-24,29-36H2,1-4H3,(H,61,67)(H,62,68)(H,63,69)(H,64,70)/t37?,38?,45-,46-,47+,48+,49?,50?,51-,52-/m0/s1. The van der Waals surface area contributed by atoms with Crippen LogP contribution in [0.4, 0.5) is 0 Å². The Hall–Kier alpha value is -5.78. The van der Waals surface area contributed by atoms with Gasteiger partial charge in [0.25, 0.3) is 0 Å². The molecular weight excluding hydrogens is 937 g/mol. The predicted molar refractivity (Wildman–Crippen MR) is 281 cm³/mol. The van der Waals surface area contributed by atoms with Crippen molar-refractivity contribution in [2.24, 2.45) is 11.8 Å². The van der Waals surface area contributed by atoms with E-state index in [1.165, 1.54) is 0 Å². The lowest BCUT2D eigenvalue weighted by Gasteiger charge is -2.35. The van der Waals surface area contributed by atoms with E-state index in [1.807, 2.05) is 48.5 Å². The lowest BCUT2D eigenvalue weighted by Crippen LogP contribution is -2.58. The van der Waals surface area contributed by atoms with Gasteiger partial charge in [0.2, 0.25) is 35.4 Å². The third-order valence-electron chi connectivity index (χ3n) is 16.6. The molecule has 4 unspecified atom stereocenters. The summed E-state index contributed by atoms with van der Waals surface area (Å²) in [6.45, 7) is 4.62. The van der Waals surface area contributed by atoms with Gasteiger partial charge < -0.3 is 51.2 Å². The minimum absolute atomic E-state index is 0.0261. The van der Waals surface area contributed by atoms with E-state index in [4.69, 9.17) is 9.47 Å². The van der Waals surface area contributed by atoms with Gasteiger partial charge in [0.05, 0.1) is 36.4 Å². The number of likely N-dealkylation sites (tertiary alicyclic amines) is 2. The maximum Gasteiger partial charge on any atom is 0.246 e. The van der Waals surface area contributed by atoms with E-state index in [9.17, 15) is 28.8 Å².